The number of rotatable bonds is 7. The summed E-state index contributed by atoms with van der Waals surface area (Å²) in [5.74, 6) is -0.338. The zero-order valence-electron chi connectivity index (χ0n) is 19.1. The van der Waals surface area contributed by atoms with Crippen molar-refractivity contribution in [2.75, 3.05) is 24.2 Å². The molecule has 1 aliphatic heterocycles. The lowest BCUT2D eigenvalue weighted by atomic mass is 9.89. The third kappa shape index (κ3) is 5.13. The first kappa shape index (κ1) is 24.3. The maximum Gasteiger partial charge on any atom is 0.250 e. The van der Waals surface area contributed by atoms with Crippen molar-refractivity contribution in [2.24, 2.45) is 5.73 Å². The first-order valence-electron chi connectivity index (χ1n) is 11.2. The van der Waals surface area contributed by atoms with Crippen LogP contribution in [0.1, 0.15) is 48.5 Å². The van der Waals surface area contributed by atoms with E-state index in [0.29, 0.717) is 24.2 Å². The lowest BCUT2D eigenvalue weighted by molar-refractivity contribution is -0.114. The van der Waals surface area contributed by atoms with E-state index in [1.54, 1.807) is 17.3 Å². The van der Waals surface area contributed by atoms with Gasteiger partial charge < -0.3 is 16.0 Å². The van der Waals surface area contributed by atoms with Gasteiger partial charge in [-0.25, -0.2) is 12.7 Å². The average Bonchev–Trinajstić information content (AvgIpc) is 3.23. The van der Waals surface area contributed by atoms with E-state index in [-0.39, 0.29) is 17.6 Å². The normalized spacial score (nSPS) is 15.5. The molecule has 2 amide bonds. The van der Waals surface area contributed by atoms with Crippen LogP contribution in [0.4, 0.5) is 5.69 Å². The SMILES string of the molecule is CCS(=O)(=O)N1CCC(c2c[nH]c3c(C(N)=O)cc(Sc4ccc(NC(C)=O)cc4)cc23)CC1. The molecule has 10 heteroatoms. The highest BCUT2D eigenvalue weighted by atomic mass is 32.2. The Morgan fingerprint density at radius 2 is 1.82 bits per heavy atom. The monoisotopic (exact) mass is 500 g/mol. The van der Waals surface area contributed by atoms with Crippen molar-refractivity contribution in [1.82, 2.24) is 9.29 Å². The fraction of sp³-hybridized carbons (Fsp3) is 0.333. The molecule has 1 aromatic heterocycles. The number of amides is 2. The van der Waals surface area contributed by atoms with E-state index in [0.717, 1.165) is 39.3 Å². The molecule has 0 bridgehead atoms. The van der Waals surface area contributed by atoms with E-state index >= 15 is 0 Å². The molecule has 1 saturated heterocycles. The molecule has 34 heavy (non-hydrogen) atoms. The molecule has 3 aromatic rings. The summed E-state index contributed by atoms with van der Waals surface area (Å²) in [6, 6.07) is 11.3. The number of aromatic amines is 1. The summed E-state index contributed by atoms with van der Waals surface area (Å²) in [6.45, 7) is 4.11. The van der Waals surface area contributed by atoms with Gasteiger partial charge >= 0.3 is 0 Å². The number of aromatic nitrogens is 1. The van der Waals surface area contributed by atoms with Crippen LogP contribution in [0, 0.1) is 0 Å². The molecule has 2 aromatic carbocycles. The number of nitrogens with two attached hydrogens (primary N) is 1. The van der Waals surface area contributed by atoms with E-state index < -0.39 is 15.9 Å². The minimum absolute atomic E-state index is 0.110. The maximum atomic E-state index is 12.2. The molecule has 0 atom stereocenters. The van der Waals surface area contributed by atoms with Gasteiger partial charge in [-0.2, -0.15) is 0 Å². The predicted molar refractivity (Wildman–Crippen MR) is 135 cm³/mol. The van der Waals surface area contributed by atoms with Gasteiger partial charge in [-0.1, -0.05) is 11.8 Å². The highest BCUT2D eigenvalue weighted by Crippen LogP contribution is 2.38. The summed E-state index contributed by atoms with van der Waals surface area (Å²) in [5, 5.41) is 3.68. The Bertz CT molecular complexity index is 1330. The summed E-state index contributed by atoms with van der Waals surface area (Å²) in [7, 11) is -3.19. The second-order valence-corrected chi connectivity index (χ2v) is 11.8. The van der Waals surface area contributed by atoms with Crippen LogP contribution in [0.3, 0.4) is 0 Å². The fourth-order valence-corrected chi connectivity index (χ4v) is 6.42. The quantitative estimate of drug-likeness (QED) is 0.454. The number of primary amides is 1. The van der Waals surface area contributed by atoms with E-state index in [4.69, 9.17) is 5.73 Å². The Balaban J connectivity index is 1.62. The fourth-order valence-electron chi connectivity index (χ4n) is 4.39. The number of piperidine rings is 1. The molecule has 0 unspecified atom stereocenters. The largest absolute Gasteiger partial charge is 0.366 e. The minimum atomic E-state index is -3.19. The second kappa shape index (κ2) is 9.81. The van der Waals surface area contributed by atoms with Crippen molar-refractivity contribution < 1.29 is 18.0 Å². The molecule has 8 nitrogen and oxygen atoms in total. The number of sulfonamides is 1. The predicted octanol–water partition coefficient (Wildman–Crippen LogP) is 3.91. The van der Waals surface area contributed by atoms with E-state index in [9.17, 15) is 18.0 Å². The van der Waals surface area contributed by atoms with Gasteiger partial charge in [0, 0.05) is 47.1 Å². The molecule has 0 saturated carbocycles. The molecule has 1 aliphatic rings. The number of benzene rings is 2. The van der Waals surface area contributed by atoms with Crippen LogP contribution < -0.4 is 11.1 Å². The Morgan fingerprint density at radius 3 is 2.41 bits per heavy atom. The zero-order chi connectivity index (χ0) is 24.5. The number of H-pyrrole nitrogens is 1. The topological polar surface area (TPSA) is 125 Å². The number of anilines is 1. The number of hydrogen-bond donors (Lipinski definition) is 3. The van der Waals surface area contributed by atoms with Crippen molar-refractivity contribution in [2.45, 2.75) is 42.4 Å². The highest BCUT2D eigenvalue weighted by Gasteiger charge is 2.29. The molecule has 180 valence electrons. The van der Waals surface area contributed by atoms with Crippen LogP contribution in [-0.2, 0) is 14.8 Å². The summed E-state index contributed by atoms with van der Waals surface area (Å²) < 4.78 is 26.0. The van der Waals surface area contributed by atoms with E-state index in [1.165, 1.54) is 18.7 Å². The molecule has 4 N–H and O–H groups in total. The summed E-state index contributed by atoms with van der Waals surface area (Å²) in [5.41, 5.74) is 8.62. The van der Waals surface area contributed by atoms with Gasteiger partial charge in [0.15, 0.2) is 0 Å². The van der Waals surface area contributed by atoms with Gasteiger partial charge in [-0.15, -0.1) is 0 Å². The van der Waals surface area contributed by atoms with Crippen LogP contribution in [0.15, 0.2) is 52.4 Å². The number of carbonyl (C=O) groups excluding carboxylic acids is 2. The van der Waals surface area contributed by atoms with Crippen LogP contribution in [0.2, 0.25) is 0 Å². The van der Waals surface area contributed by atoms with E-state index in [2.05, 4.69) is 16.4 Å². The van der Waals surface area contributed by atoms with Gasteiger partial charge in [0.05, 0.1) is 16.8 Å². The summed E-state index contributed by atoms with van der Waals surface area (Å²) in [6.07, 6.45) is 3.36. The second-order valence-electron chi connectivity index (χ2n) is 8.38. The zero-order valence-corrected chi connectivity index (χ0v) is 20.8. The van der Waals surface area contributed by atoms with Gasteiger partial charge in [0.25, 0.3) is 5.91 Å². The van der Waals surface area contributed by atoms with Gasteiger partial charge in [0.1, 0.15) is 0 Å². The maximum absolute atomic E-state index is 12.2. The smallest absolute Gasteiger partial charge is 0.250 e. The van der Waals surface area contributed by atoms with Gasteiger partial charge in [-0.05, 0) is 67.6 Å². The van der Waals surface area contributed by atoms with Gasteiger partial charge in [0.2, 0.25) is 15.9 Å². The Hall–Kier alpha value is -2.82. The summed E-state index contributed by atoms with van der Waals surface area (Å²) in [4.78, 5) is 28.5. The third-order valence-corrected chi connectivity index (χ3v) is 8.98. The highest BCUT2D eigenvalue weighted by molar-refractivity contribution is 7.99. The number of hydrogen-bond acceptors (Lipinski definition) is 5. The number of carbonyl (C=O) groups is 2. The van der Waals surface area contributed by atoms with Crippen LogP contribution in [0.5, 0.6) is 0 Å². The molecular weight excluding hydrogens is 472 g/mol. The molecule has 0 spiro atoms. The molecule has 2 heterocycles. The number of fused-ring (bicyclic) bond motifs is 1. The van der Waals surface area contributed by atoms with Crippen LogP contribution in [-0.4, -0.2) is 48.4 Å². The Kier molecular flexibility index (Phi) is 7.01. The number of nitrogens with one attached hydrogen (secondary N) is 2. The first-order chi connectivity index (χ1) is 16.2. The van der Waals surface area contributed by atoms with Crippen molar-refractivity contribution in [3.63, 3.8) is 0 Å². The number of nitrogens with zero attached hydrogens (tertiary/aromatic N) is 1. The van der Waals surface area contributed by atoms with Gasteiger partial charge in [-0.3, -0.25) is 9.59 Å². The van der Waals surface area contributed by atoms with Crippen LogP contribution in [0.25, 0.3) is 10.9 Å². The van der Waals surface area contributed by atoms with E-state index in [1.807, 2.05) is 30.5 Å². The third-order valence-electron chi connectivity index (χ3n) is 6.12. The van der Waals surface area contributed by atoms with Crippen molar-refractivity contribution >= 4 is 50.2 Å². The summed E-state index contributed by atoms with van der Waals surface area (Å²) >= 11 is 1.51. The average molecular weight is 501 g/mol. The molecular formula is C24H28N4O4S2. The van der Waals surface area contributed by atoms with Crippen LogP contribution >= 0.6 is 11.8 Å². The molecule has 1 fully saturated rings. The first-order valence-corrected chi connectivity index (χ1v) is 13.6. The Morgan fingerprint density at radius 1 is 1.15 bits per heavy atom. The molecule has 0 aliphatic carbocycles. The Labute approximate surface area is 203 Å². The molecule has 4 rings (SSSR count). The lowest BCUT2D eigenvalue weighted by Gasteiger charge is -2.31. The molecule has 0 radical (unpaired) electrons. The standard InChI is InChI=1S/C24H28N4O4S2/c1-3-34(31,32)28-10-8-16(9-11-28)22-14-26-23-20(22)12-19(13-21(23)24(25)30)33-18-6-4-17(5-7-18)27-15(2)29/h4-7,12-14,16,26H,3,8-11H2,1-2H3,(H2,25,30)(H,27,29). The van der Waals surface area contributed by atoms with Crippen molar-refractivity contribution in [3.8, 4) is 0 Å². The van der Waals surface area contributed by atoms with Crippen molar-refractivity contribution in [3.05, 3.63) is 53.7 Å². The minimum Gasteiger partial charge on any atom is -0.366 e. The lowest BCUT2D eigenvalue weighted by Crippen LogP contribution is -2.38. The van der Waals surface area contributed by atoms with Crippen molar-refractivity contribution in [1.29, 1.82) is 0 Å².